The molecule has 1 amide bonds. The number of methoxy groups -OCH3 is 1. The molecule has 1 fully saturated rings. The number of aromatic nitrogens is 4. The molecule has 31 heavy (non-hydrogen) atoms. The summed E-state index contributed by atoms with van der Waals surface area (Å²) in [4.78, 5) is 32.5. The summed E-state index contributed by atoms with van der Waals surface area (Å²) in [5.41, 5.74) is 2.53. The standard InChI is InChI=1S/C23H26N6O2/c1-24-21-14-18(27-23(28-21)19-15-25-9-10-26-19)16-7-11-29(12-8-16)22(30)13-17-5-3-4-6-20(17)31-2/h3-6,9-10,14-16H,7-8,11-13H2,1-2H3,(H,24,27,28). The summed E-state index contributed by atoms with van der Waals surface area (Å²) in [7, 11) is 3.47. The molecule has 0 spiro atoms. The van der Waals surface area contributed by atoms with E-state index in [1.807, 2.05) is 42.3 Å². The van der Waals surface area contributed by atoms with Crippen LogP contribution >= 0.6 is 0 Å². The fourth-order valence-corrected chi connectivity index (χ4v) is 3.88. The molecule has 3 heterocycles. The summed E-state index contributed by atoms with van der Waals surface area (Å²) in [6.45, 7) is 1.41. The van der Waals surface area contributed by atoms with E-state index in [4.69, 9.17) is 9.72 Å². The Kier molecular flexibility index (Phi) is 6.35. The smallest absolute Gasteiger partial charge is 0.227 e. The van der Waals surface area contributed by atoms with E-state index in [1.165, 1.54) is 0 Å². The van der Waals surface area contributed by atoms with Gasteiger partial charge in [-0.1, -0.05) is 18.2 Å². The van der Waals surface area contributed by atoms with E-state index in [9.17, 15) is 4.79 Å². The number of carbonyl (C=O) groups excluding carboxylic acids is 1. The Morgan fingerprint density at radius 2 is 2.00 bits per heavy atom. The van der Waals surface area contributed by atoms with Crippen molar-refractivity contribution in [2.75, 3.05) is 32.6 Å². The molecule has 0 radical (unpaired) electrons. The molecule has 0 unspecified atom stereocenters. The Morgan fingerprint density at radius 1 is 1.19 bits per heavy atom. The quantitative estimate of drug-likeness (QED) is 0.658. The summed E-state index contributed by atoms with van der Waals surface area (Å²) in [5, 5.41) is 3.11. The highest BCUT2D eigenvalue weighted by atomic mass is 16.5. The molecule has 0 atom stereocenters. The zero-order chi connectivity index (χ0) is 21.6. The topological polar surface area (TPSA) is 93.1 Å². The Bertz CT molecular complexity index is 1040. The van der Waals surface area contributed by atoms with Crippen LogP contribution in [0.5, 0.6) is 5.75 Å². The maximum absolute atomic E-state index is 12.8. The largest absolute Gasteiger partial charge is 0.496 e. The second-order valence-electron chi connectivity index (χ2n) is 7.49. The minimum Gasteiger partial charge on any atom is -0.496 e. The molecule has 0 aliphatic carbocycles. The predicted octanol–water partition coefficient (Wildman–Crippen LogP) is 2.93. The van der Waals surface area contributed by atoms with E-state index < -0.39 is 0 Å². The monoisotopic (exact) mass is 418 g/mol. The van der Waals surface area contributed by atoms with Crippen molar-refractivity contribution in [3.05, 3.63) is 60.2 Å². The van der Waals surface area contributed by atoms with Gasteiger partial charge < -0.3 is 15.0 Å². The molecule has 2 aromatic heterocycles. The first-order chi connectivity index (χ1) is 15.2. The first-order valence-corrected chi connectivity index (χ1v) is 10.4. The molecule has 1 aromatic carbocycles. The van der Waals surface area contributed by atoms with Crippen molar-refractivity contribution in [2.24, 2.45) is 0 Å². The number of rotatable bonds is 6. The maximum atomic E-state index is 12.8. The minimum absolute atomic E-state index is 0.127. The second kappa shape index (κ2) is 9.51. The predicted molar refractivity (Wildman–Crippen MR) is 118 cm³/mol. The average molecular weight is 419 g/mol. The van der Waals surface area contributed by atoms with Gasteiger partial charge in [-0.05, 0) is 18.9 Å². The first-order valence-electron chi connectivity index (χ1n) is 10.4. The normalized spacial score (nSPS) is 14.3. The third kappa shape index (κ3) is 4.79. The fraction of sp³-hybridized carbons (Fsp3) is 0.348. The van der Waals surface area contributed by atoms with Crippen LogP contribution in [0.1, 0.15) is 30.0 Å². The number of anilines is 1. The van der Waals surface area contributed by atoms with E-state index in [0.717, 1.165) is 35.7 Å². The van der Waals surface area contributed by atoms with Gasteiger partial charge in [-0.15, -0.1) is 0 Å². The number of para-hydroxylation sites is 1. The fourth-order valence-electron chi connectivity index (χ4n) is 3.88. The average Bonchev–Trinajstić information content (AvgIpc) is 2.84. The molecule has 1 aliphatic rings. The molecule has 8 heteroatoms. The Balaban J connectivity index is 1.44. The van der Waals surface area contributed by atoms with Crippen molar-refractivity contribution in [3.63, 3.8) is 0 Å². The molecule has 1 saturated heterocycles. The Hall–Kier alpha value is -3.55. The van der Waals surface area contributed by atoms with Crippen molar-refractivity contribution < 1.29 is 9.53 Å². The summed E-state index contributed by atoms with van der Waals surface area (Å²) in [6, 6.07) is 9.65. The van der Waals surface area contributed by atoms with Crippen LogP contribution in [0.3, 0.4) is 0 Å². The van der Waals surface area contributed by atoms with Gasteiger partial charge in [-0.25, -0.2) is 15.0 Å². The van der Waals surface area contributed by atoms with Gasteiger partial charge in [0, 0.05) is 55.8 Å². The molecule has 1 aliphatic heterocycles. The van der Waals surface area contributed by atoms with E-state index in [1.54, 1.807) is 25.7 Å². The lowest BCUT2D eigenvalue weighted by molar-refractivity contribution is -0.131. The SMILES string of the molecule is CNc1cc(C2CCN(C(=O)Cc3ccccc3OC)CC2)nc(-c2cnccn2)n1. The van der Waals surface area contributed by atoms with Gasteiger partial charge >= 0.3 is 0 Å². The van der Waals surface area contributed by atoms with Crippen LogP contribution in [-0.2, 0) is 11.2 Å². The van der Waals surface area contributed by atoms with Crippen LogP contribution in [0.15, 0.2) is 48.9 Å². The van der Waals surface area contributed by atoms with Gasteiger partial charge in [-0.3, -0.25) is 9.78 Å². The lowest BCUT2D eigenvalue weighted by atomic mass is 9.92. The number of amides is 1. The van der Waals surface area contributed by atoms with E-state index in [2.05, 4.69) is 20.3 Å². The number of nitrogens with one attached hydrogen (secondary N) is 1. The van der Waals surface area contributed by atoms with Crippen LogP contribution in [0.2, 0.25) is 0 Å². The molecule has 3 aromatic rings. The highest BCUT2D eigenvalue weighted by Gasteiger charge is 2.26. The van der Waals surface area contributed by atoms with Gasteiger partial charge in [0.15, 0.2) is 5.82 Å². The third-order valence-electron chi connectivity index (χ3n) is 5.59. The van der Waals surface area contributed by atoms with Crippen LogP contribution < -0.4 is 10.1 Å². The number of benzene rings is 1. The van der Waals surface area contributed by atoms with Crippen LogP contribution in [0.4, 0.5) is 5.82 Å². The van der Waals surface area contributed by atoms with Crippen LogP contribution in [-0.4, -0.2) is 58.0 Å². The van der Waals surface area contributed by atoms with Crippen LogP contribution in [0, 0.1) is 0 Å². The number of carbonyl (C=O) groups is 1. The van der Waals surface area contributed by atoms with Gasteiger partial charge in [-0.2, -0.15) is 0 Å². The number of ether oxygens (including phenoxy) is 1. The highest BCUT2D eigenvalue weighted by Crippen LogP contribution is 2.30. The van der Waals surface area contributed by atoms with Crippen molar-refractivity contribution in [1.82, 2.24) is 24.8 Å². The van der Waals surface area contributed by atoms with E-state index in [-0.39, 0.29) is 11.8 Å². The first kappa shape index (κ1) is 20.7. The van der Waals surface area contributed by atoms with Crippen molar-refractivity contribution in [1.29, 1.82) is 0 Å². The summed E-state index contributed by atoms with van der Waals surface area (Å²) >= 11 is 0. The number of nitrogens with zero attached hydrogens (tertiary/aromatic N) is 5. The van der Waals surface area contributed by atoms with Gasteiger partial charge in [0.1, 0.15) is 17.3 Å². The summed E-state index contributed by atoms with van der Waals surface area (Å²) in [6.07, 6.45) is 7.00. The molecule has 8 nitrogen and oxygen atoms in total. The Labute approximate surface area is 181 Å². The number of hydrogen-bond donors (Lipinski definition) is 1. The van der Waals surface area contributed by atoms with Crippen LogP contribution in [0.25, 0.3) is 11.5 Å². The molecule has 0 saturated carbocycles. The summed E-state index contributed by atoms with van der Waals surface area (Å²) in [5.74, 6) is 2.45. The summed E-state index contributed by atoms with van der Waals surface area (Å²) < 4.78 is 5.38. The lowest BCUT2D eigenvalue weighted by Crippen LogP contribution is -2.39. The lowest BCUT2D eigenvalue weighted by Gasteiger charge is -2.32. The molecular weight excluding hydrogens is 392 g/mol. The second-order valence-corrected chi connectivity index (χ2v) is 7.49. The zero-order valence-electron chi connectivity index (χ0n) is 17.8. The van der Waals surface area contributed by atoms with Crippen molar-refractivity contribution in [3.8, 4) is 17.3 Å². The van der Waals surface area contributed by atoms with Gasteiger partial charge in [0.25, 0.3) is 0 Å². The number of piperidine rings is 1. The molecular formula is C23H26N6O2. The van der Waals surface area contributed by atoms with E-state index >= 15 is 0 Å². The molecule has 160 valence electrons. The minimum atomic E-state index is 0.127. The number of hydrogen-bond acceptors (Lipinski definition) is 7. The van der Waals surface area contributed by atoms with Gasteiger partial charge in [0.2, 0.25) is 5.91 Å². The number of likely N-dealkylation sites (tertiary alicyclic amines) is 1. The molecule has 0 bridgehead atoms. The Morgan fingerprint density at radius 3 is 2.71 bits per heavy atom. The van der Waals surface area contributed by atoms with Gasteiger partial charge in [0.05, 0.1) is 19.7 Å². The molecule has 1 N–H and O–H groups in total. The van der Waals surface area contributed by atoms with Crippen molar-refractivity contribution in [2.45, 2.75) is 25.2 Å². The molecule has 4 rings (SSSR count). The van der Waals surface area contributed by atoms with E-state index in [0.29, 0.717) is 31.0 Å². The highest BCUT2D eigenvalue weighted by molar-refractivity contribution is 5.79. The third-order valence-corrected chi connectivity index (χ3v) is 5.59. The maximum Gasteiger partial charge on any atom is 0.227 e. The zero-order valence-corrected chi connectivity index (χ0v) is 17.8. The van der Waals surface area contributed by atoms with Crippen molar-refractivity contribution >= 4 is 11.7 Å².